The van der Waals surface area contributed by atoms with Crippen LogP contribution in [0.25, 0.3) is 33.4 Å². The molecule has 3 aromatic carbocycles. The van der Waals surface area contributed by atoms with Crippen LogP contribution in [0.5, 0.6) is 5.75 Å². The van der Waals surface area contributed by atoms with Gasteiger partial charge in [0.1, 0.15) is 53.0 Å². The van der Waals surface area contributed by atoms with Crippen LogP contribution < -0.4 is 21.2 Å². The number of nitrogens with one attached hydrogen (secondary N) is 1. The van der Waals surface area contributed by atoms with E-state index in [1.165, 1.54) is 12.1 Å². The van der Waals surface area contributed by atoms with Crippen molar-refractivity contribution in [3.05, 3.63) is 100 Å². The molecule has 3 heterocycles. The summed E-state index contributed by atoms with van der Waals surface area (Å²) < 4.78 is 28.3. The molecule has 0 saturated carbocycles. The number of benzene rings is 3. The summed E-state index contributed by atoms with van der Waals surface area (Å²) in [5.41, 5.74) is 9.38. The molecule has 0 radical (unpaired) electrons. The van der Waals surface area contributed by atoms with Gasteiger partial charge in [-0.2, -0.15) is 5.10 Å². The number of nitrogens with zero attached hydrogens (tertiary/aromatic N) is 3. The van der Waals surface area contributed by atoms with Crippen molar-refractivity contribution < 1.29 is 13.5 Å². The van der Waals surface area contributed by atoms with Crippen LogP contribution in [0.15, 0.2) is 87.0 Å². The van der Waals surface area contributed by atoms with Crippen LogP contribution in [0.1, 0.15) is 37.6 Å². The predicted octanol–water partition coefficient (Wildman–Crippen LogP) is 5.95. The minimum absolute atomic E-state index is 0.245. The van der Waals surface area contributed by atoms with Crippen molar-refractivity contribution in [2.24, 2.45) is 10.7 Å². The maximum Gasteiger partial charge on any atom is 0.200 e. The number of para-hydroxylation sites is 1. The number of rotatable bonds is 7. The Hall–Kier alpha value is -4.92. The zero-order valence-corrected chi connectivity index (χ0v) is 22.1. The van der Waals surface area contributed by atoms with Crippen LogP contribution in [0.2, 0.25) is 0 Å². The van der Waals surface area contributed by atoms with Crippen LogP contribution >= 0.6 is 0 Å². The van der Waals surface area contributed by atoms with E-state index in [0.29, 0.717) is 51.8 Å². The first-order valence-electron chi connectivity index (χ1n) is 13.2. The summed E-state index contributed by atoms with van der Waals surface area (Å²) in [4.78, 5) is 18.2. The fourth-order valence-electron chi connectivity index (χ4n) is 5.04. The molecule has 1 aliphatic heterocycles. The molecule has 8 nitrogen and oxygen atoms in total. The summed E-state index contributed by atoms with van der Waals surface area (Å²) >= 11 is 0. The summed E-state index contributed by atoms with van der Waals surface area (Å²) in [6, 6.07) is 20.1. The van der Waals surface area contributed by atoms with Gasteiger partial charge in [0, 0.05) is 5.56 Å². The van der Waals surface area contributed by atoms with Crippen LogP contribution in [-0.2, 0) is 0 Å². The van der Waals surface area contributed by atoms with Crippen LogP contribution in [0.3, 0.4) is 0 Å². The Morgan fingerprint density at radius 1 is 1.07 bits per heavy atom. The van der Waals surface area contributed by atoms with E-state index in [1.807, 2.05) is 37.3 Å². The molecule has 40 heavy (non-hydrogen) atoms. The third-order valence-corrected chi connectivity index (χ3v) is 6.93. The lowest BCUT2D eigenvalue weighted by Gasteiger charge is -2.20. The summed E-state index contributed by atoms with van der Waals surface area (Å²) in [5.74, 6) is 1.64. The molecule has 2 aromatic heterocycles. The van der Waals surface area contributed by atoms with Crippen LogP contribution in [-0.4, -0.2) is 28.9 Å². The smallest absolute Gasteiger partial charge is 0.200 e. The van der Waals surface area contributed by atoms with Gasteiger partial charge in [0.2, 0.25) is 5.43 Å². The van der Waals surface area contributed by atoms with E-state index in [0.717, 1.165) is 17.7 Å². The average Bonchev–Trinajstić information content (AvgIpc) is 3.37. The number of nitrogens with two attached hydrogens (primary N) is 1. The summed E-state index contributed by atoms with van der Waals surface area (Å²) in [6.45, 7) is 4.81. The Morgan fingerprint density at radius 3 is 2.70 bits per heavy atom. The third kappa shape index (κ3) is 4.39. The molecule has 5 aromatic rings. The molecule has 6 rings (SSSR count). The zero-order chi connectivity index (χ0) is 27.8. The molecule has 0 bridgehead atoms. The monoisotopic (exact) mass is 537 g/mol. The Morgan fingerprint density at radius 2 is 1.88 bits per heavy atom. The Kier molecular flexibility index (Phi) is 6.55. The molecule has 3 N–H and O–H groups in total. The largest absolute Gasteiger partial charge is 0.494 e. The highest BCUT2D eigenvalue weighted by molar-refractivity contribution is 6.08. The number of fused-ring (bicyclic) bond motifs is 2. The molecule has 0 saturated heterocycles. The van der Waals surface area contributed by atoms with Gasteiger partial charge in [0.25, 0.3) is 0 Å². The molecule has 202 valence electrons. The van der Waals surface area contributed by atoms with Gasteiger partial charge in [-0.1, -0.05) is 43.3 Å². The lowest BCUT2D eigenvalue weighted by atomic mass is 9.99. The van der Waals surface area contributed by atoms with Crippen molar-refractivity contribution in [1.82, 2.24) is 9.78 Å². The number of anilines is 1. The SMILES string of the molecule is CCCOc1cccc(-c2nn(C(C)c3oc4ccccc4c(=O)c3-c3cccc(F)c3)c3c2C(N)=NCN3)c1. The molecular formula is C31H28FN5O3. The Bertz CT molecular complexity index is 1820. The van der Waals surface area contributed by atoms with Gasteiger partial charge in [0.05, 0.1) is 23.1 Å². The molecule has 0 spiro atoms. The number of amidine groups is 1. The maximum absolute atomic E-state index is 14.3. The van der Waals surface area contributed by atoms with Gasteiger partial charge in [-0.3, -0.25) is 4.79 Å². The van der Waals surface area contributed by atoms with Crippen molar-refractivity contribution in [2.45, 2.75) is 26.3 Å². The molecule has 1 atom stereocenters. The van der Waals surface area contributed by atoms with Gasteiger partial charge in [-0.05, 0) is 55.3 Å². The molecular weight excluding hydrogens is 509 g/mol. The normalized spacial score (nSPS) is 13.4. The molecule has 1 unspecified atom stereocenters. The molecule has 9 heteroatoms. The van der Waals surface area contributed by atoms with E-state index in [1.54, 1.807) is 35.0 Å². The predicted molar refractivity (Wildman–Crippen MR) is 154 cm³/mol. The van der Waals surface area contributed by atoms with Crippen molar-refractivity contribution in [1.29, 1.82) is 0 Å². The summed E-state index contributed by atoms with van der Waals surface area (Å²) in [7, 11) is 0. The van der Waals surface area contributed by atoms with Gasteiger partial charge in [0.15, 0.2) is 0 Å². The number of aromatic nitrogens is 2. The van der Waals surface area contributed by atoms with Crippen molar-refractivity contribution in [3.63, 3.8) is 0 Å². The lowest BCUT2D eigenvalue weighted by Crippen LogP contribution is -2.24. The third-order valence-electron chi connectivity index (χ3n) is 6.93. The maximum atomic E-state index is 14.3. The van der Waals surface area contributed by atoms with Gasteiger partial charge in [-0.25, -0.2) is 14.1 Å². The minimum atomic E-state index is -0.573. The van der Waals surface area contributed by atoms with E-state index in [9.17, 15) is 9.18 Å². The van der Waals surface area contributed by atoms with Gasteiger partial charge < -0.3 is 20.2 Å². The second kappa shape index (κ2) is 10.3. The van der Waals surface area contributed by atoms with E-state index in [4.69, 9.17) is 20.0 Å². The van der Waals surface area contributed by atoms with Crippen molar-refractivity contribution >= 4 is 22.6 Å². The average molecular weight is 538 g/mol. The summed E-state index contributed by atoms with van der Waals surface area (Å²) in [5, 5.41) is 8.68. The van der Waals surface area contributed by atoms with Gasteiger partial charge >= 0.3 is 0 Å². The highest BCUT2D eigenvalue weighted by Gasteiger charge is 2.30. The minimum Gasteiger partial charge on any atom is -0.494 e. The van der Waals surface area contributed by atoms with Gasteiger partial charge in [-0.15, -0.1) is 0 Å². The number of aliphatic imine (C=N–C) groups is 1. The highest BCUT2D eigenvalue weighted by Crippen LogP contribution is 2.38. The number of hydrogen-bond donors (Lipinski definition) is 2. The Labute approximate surface area is 229 Å². The first kappa shape index (κ1) is 25.4. The number of ether oxygens (including phenoxy) is 1. The summed E-state index contributed by atoms with van der Waals surface area (Å²) in [6.07, 6.45) is 0.889. The quantitative estimate of drug-likeness (QED) is 0.266. The fourth-order valence-corrected chi connectivity index (χ4v) is 5.04. The fraction of sp³-hybridized carbons (Fsp3) is 0.194. The highest BCUT2D eigenvalue weighted by atomic mass is 19.1. The molecule has 0 amide bonds. The zero-order valence-electron chi connectivity index (χ0n) is 22.1. The molecule has 0 aliphatic carbocycles. The lowest BCUT2D eigenvalue weighted by molar-refractivity contribution is 0.317. The van der Waals surface area contributed by atoms with Crippen molar-refractivity contribution in [3.8, 4) is 28.1 Å². The van der Waals surface area contributed by atoms with Crippen LogP contribution in [0.4, 0.5) is 10.2 Å². The molecule has 0 fully saturated rings. The number of halogens is 1. The van der Waals surface area contributed by atoms with E-state index < -0.39 is 11.9 Å². The van der Waals surface area contributed by atoms with Crippen molar-refractivity contribution in [2.75, 3.05) is 18.6 Å². The first-order valence-corrected chi connectivity index (χ1v) is 13.2. The first-order chi connectivity index (χ1) is 19.5. The molecule has 1 aliphatic rings. The second-order valence-corrected chi connectivity index (χ2v) is 9.62. The topological polar surface area (TPSA) is 108 Å². The second-order valence-electron chi connectivity index (χ2n) is 9.62. The van der Waals surface area contributed by atoms with E-state index in [-0.39, 0.29) is 17.7 Å². The Balaban J connectivity index is 1.56. The standard InChI is InChI=1S/C31H28FN5O3/c1-3-14-39-22-11-7-9-20(16-22)27-26-30(33)34-17-35-31(26)37(36-27)18(2)29-25(19-8-6-10-21(32)15-19)28(38)23-12-4-5-13-24(23)40-29/h4-13,15-16,18,35H,3,14,17H2,1-2H3,(H2,33,34). The van der Waals surface area contributed by atoms with E-state index in [2.05, 4.69) is 17.2 Å². The number of hydrogen-bond acceptors (Lipinski definition) is 7. The van der Waals surface area contributed by atoms with E-state index >= 15 is 0 Å². The van der Waals surface area contributed by atoms with Crippen LogP contribution in [0, 0.1) is 5.82 Å².